The molecule has 4 heteroatoms. The number of carbonyl (C=O) groups excluding carboxylic acids is 1. The first-order chi connectivity index (χ1) is 10.7. The number of amides is 1. The van der Waals surface area contributed by atoms with E-state index in [9.17, 15) is 9.18 Å². The Hall–Kier alpha value is -3.01. The molecule has 0 saturated heterocycles. The minimum Gasteiger partial charge on any atom is -0.307 e. The van der Waals surface area contributed by atoms with Crippen molar-refractivity contribution in [3.63, 3.8) is 0 Å². The van der Waals surface area contributed by atoms with Gasteiger partial charge in [-0.15, -0.1) is 0 Å². The minimum absolute atomic E-state index is 0.258. The second kappa shape index (κ2) is 6.18. The van der Waals surface area contributed by atoms with Crippen molar-refractivity contribution in [1.29, 1.82) is 0 Å². The van der Waals surface area contributed by atoms with E-state index in [-0.39, 0.29) is 11.5 Å². The number of hydrogen-bond donors (Lipinski definition) is 1. The van der Waals surface area contributed by atoms with Crippen LogP contribution in [-0.4, -0.2) is 10.9 Å². The van der Waals surface area contributed by atoms with E-state index in [4.69, 9.17) is 0 Å². The van der Waals surface area contributed by atoms with Crippen molar-refractivity contribution >= 4 is 11.7 Å². The number of rotatable bonds is 3. The number of carbonyl (C=O) groups is 1. The van der Waals surface area contributed by atoms with E-state index >= 15 is 0 Å². The van der Waals surface area contributed by atoms with E-state index in [0.717, 1.165) is 11.1 Å². The van der Waals surface area contributed by atoms with Crippen LogP contribution in [0.1, 0.15) is 10.4 Å². The van der Waals surface area contributed by atoms with Crippen molar-refractivity contribution in [2.24, 2.45) is 0 Å². The Morgan fingerprint density at radius 3 is 2.41 bits per heavy atom. The maximum atomic E-state index is 13.1. The molecule has 22 heavy (non-hydrogen) atoms. The number of aromatic nitrogens is 1. The summed E-state index contributed by atoms with van der Waals surface area (Å²) >= 11 is 0. The Bertz CT molecular complexity index is 786. The first kappa shape index (κ1) is 13.9. The molecule has 0 aliphatic carbocycles. The molecule has 0 aliphatic rings. The number of nitrogens with one attached hydrogen (secondary N) is 1. The maximum Gasteiger partial charge on any atom is 0.256 e. The summed E-state index contributed by atoms with van der Waals surface area (Å²) in [5.41, 5.74) is 2.27. The Kier molecular flexibility index (Phi) is 3.92. The number of hydrogen-bond acceptors (Lipinski definition) is 2. The number of anilines is 1. The van der Waals surface area contributed by atoms with Crippen molar-refractivity contribution in [1.82, 2.24) is 4.98 Å². The molecule has 3 aromatic rings. The van der Waals surface area contributed by atoms with Crippen LogP contribution >= 0.6 is 0 Å². The normalized spacial score (nSPS) is 10.2. The maximum absolute atomic E-state index is 13.1. The van der Waals surface area contributed by atoms with E-state index in [1.807, 2.05) is 36.4 Å². The second-order valence-electron chi connectivity index (χ2n) is 4.76. The number of nitrogens with zero attached hydrogens (tertiary/aromatic N) is 1. The highest BCUT2D eigenvalue weighted by Gasteiger charge is 2.07. The van der Waals surface area contributed by atoms with Gasteiger partial charge in [-0.05, 0) is 35.9 Å². The molecule has 0 aliphatic heterocycles. The number of halogens is 1. The van der Waals surface area contributed by atoms with Gasteiger partial charge >= 0.3 is 0 Å². The van der Waals surface area contributed by atoms with Gasteiger partial charge in [0.25, 0.3) is 5.91 Å². The van der Waals surface area contributed by atoms with Gasteiger partial charge in [0.15, 0.2) is 0 Å². The van der Waals surface area contributed by atoms with E-state index < -0.39 is 5.82 Å². The van der Waals surface area contributed by atoms with Crippen LogP contribution in [0.15, 0.2) is 72.9 Å². The van der Waals surface area contributed by atoms with Crippen LogP contribution in [0, 0.1) is 5.82 Å². The van der Waals surface area contributed by atoms with Crippen LogP contribution in [0.5, 0.6) is 0 Å². The zero-order chi connectivity index (χ0) is 15.4. The molecule has 2 aromatic carbocycles. The molecule has 0 fully saturated rings. The summed E-state index contributed by atoms with van der Waals surface area (Å²) in [6.45, 7) is 0. The molecule has 0 unspecified atom stereocenters. The average molecular weight is 292 g/mol. The van der Waals surface area contributed by atoms with Gasteiger partial charge in [0.2, 0.25) is 0 Å². The van der Waals surface area contributed by atoms with Gasteiger partial charge in [0.1, 0.15) is 11.6 Å². The third-order valence-electron chi connectivity index (χ3n) is 3.20. The van der Waals surface area contributed by atoms with Crippen LogP contribution in [-0.2, 0) is 0 Å². The number of benzene rings is 2. The molecule has 3 rings (SSSR count). The minimum atomic E-state index is -0.444. The molecular formula is C18H13FN2O. The molecule has 1 N–H and O–H groups in total. The smallest absolute Gasteiger partial charge is 0.256 e. The molecule has 0 spiro atoms. The monoisotopic (exact) mass is 292 g/mol. The fourth-order valence-corrected chi connectivity index (χ4v) is 2.09. The first-order valence-corrected chi connectivity index (χ1v) is 6.81. The molecule has 0 bridgehead atoms. The summed E-state index contributed by atoms with van der Waals surface area (Å²) in [6, 6.07) is 19.0. The molecule has 3 nitrogen and oxygen atoms in total. The van der Waals surface area contributed by atoms with Crippen molar-refractivity contribution in [3.05, 3.63) is 84.3 Å². The largest absolute Gasteiger partial charge is 0.307 e. The molecule has 0 atom stereocenters. The van der Waals surface area contributed by atoms with Gasteiger partial charge in [0, 0.05) is 17.3 Å². The highest BCUT2D eigenvalue weighted by Crippen LogP contribution is 2.19. The second-order valence-corrected chi connectivity index (χ2v) is 4.76. The Balaban J connectivity index is 1.75. The van der Waals surface area contributed by atoms with Gasteiger partial charge in [-0.1, -0.05) is 36.4 Å². The van der Waals surface area contributed by atoms with Crippen LogP contribution in [0.4, 0.5) is 10.2 Å². The lowest BCUT2D eigenvalue weighted by molar-refractivity contribution is 0.102. The summed E-state index contributed by atoms with van der Waals surface area (Å²) in [7, 11) is 0. The molecule has 1 heterocycles. The fraction of sp³-hybridized carbons (Fsp3) is 0. The van der Waals surface area contributed by atoms with Crippen LogP contribution < -0.4 is 5.32 Å². The van der Waals surface area contributed by atoms with Crippen molar-refractivity contribution in [2.45, 2.75) is 0 Å². The highest BCUT2D eigenvalue weighted by molar-refractivity contribution is 6.03. The van der Waals surface area contributed by atoms with E-state index in [1.165, 1.54) is 18.2 Å². The summed E-state index contributed by atoms with van der Waals surface area (Å²) in [5.74, 6) is -0.409. The molecular weight excluding hydrogens is 279 g/mol. The van der Waals surface area contributed by atoms with Crippen molar-refractivity contribution in [2.75, 3.05) is 5.32 Å². The predicted molar refractivity (Wildman–Crippen MR) is 84.0 cm³/mol. The van der Waals surface area contributed by atoms with E-state index in [1.54, 1.807) is 18.3 Å². The standard InChI is InChI=1S/C18H13FN2O/c19-16-8-4-7-14(11-16)18(22)21-17-10-9-15(12-20-17)13-5-2-1-3-6-13/h1-12H,(H,20,21,22). The molecule has 108 valence electrons. The third kappa shape index (κ3) is 3.17. The summed E-state index contributed by atoms with van der Waals surface area (Å²) in [6.07, 6.45) is 1.69. The lowest BCUT2D eigenvalue weighted by Crippen LogP contribution is -2.12. The molecule has 1 amide bonds. The zero-order valence-corrected chi connectivity index (χ0v) is 11.7. The summed E-state index contributed by atoms with van der Waals surface area (Å²) in [4.78, 5) is 16.2. The van der Waals surface area contributed by atoms with Crippen LogP contribution in [0.2, 0.25) is 0 Å². The average Bonchev–Trinajstić information content (AvgIpc) is 2.56. The zero-order valence-electron chi connectivity index (χ0n) is 11.7. The topological polar surface area (TPSA) is 42.0 Å². The van der Waals surface area contributed by atoms with E-state index in [2.05, 4.69) is 10.3 Å². The lowest BCUT2D eigenvalue weighted by Gasteiger charge is -2.06. The van der Waals surface area contributed by atoms with Gasteiger partial charge in [-0.3, -0.25) is 4.79 Å². The van der Waals surface area contributed by atoms with Crippen molar-refractivity contribution in [3.8, 4) is 11.1 Å². The highest BCUT2D eigenvalue weighted by atomic mass is 19.1. The molecule has 0 radical (unpaired) electrons. The predicted octanol–water partition coefficient (Wildman–Crippen LogP) is 4.14. The first-order valence-electron chi connectivity index (χ1n) is 6.81. The van der Waals surface area contributed by atoms with Crippen LogP contribution in [0.25, 0.3) is 11.1 Å². The Labute approximate surface area is 127 Å². The van der Waals surface area contributed by atoms with Gasteiger partial charge < -0.3 is 5.32 Å². The van der Waals surface area contributed by atoms with E-state index in [0.29, 0.717) is 5.82 Å². The summed E-state index contributed by atoms with van der Waals surface area (Å²) in [5, 5.41) is 2.65. The quantitative estimate of drug-likeness (QED) is 0.788. The molecule has 1 aromatic heterocycles. The summed E-state index contributed by atoms with van der Waals surface area (Å²) < 4.78 is 13.1. The lowest BCUT2D eigenvalue weighted by atomic mass is 10.1. The SMILES string of the molecule is O=C(Nc1ccc(-c2ccccc2)cn1)c1cccc(F)c1. The molecule has 0 saturated carbocycles. The van der Waals surface area contributed by atoms with Gasteiger partial charge in [-0.2, -0.15) is 0 Å². The Morgan fingerprint density at radius 1 is 0.909 bits per heavy atom. The van der Waals surface area contributed by atoms with Crippen LogP contribution in [0.3, 0.4) is 0 Å². The van der Waals surface area contributed by atoms with Gasteiger partial charge in [-0.25, -0.2) is 9.37 Å². The number of pyridine rings is 1. The Morgan fingerprint density at radius 2 is 1.73 bits per heavy atom. The van der Waals surface area contributed by atoms with Crippen molar-refractivity contribution < 1.29 is 9.18 Å². The van der Waals surface area contributed by atoms with Gasteiger partial charge in [0.05, 0.1) is 0 Å². The third-order valence-corrected chi connectivity index (χ3v) is 3.20. The fourth-order valence-electron chi connectivity index (χ4n) is 2.09.